The number of benzene rings is 2. The zero-order valence-corrected chi connectivity index (χ0v) is 14.5. The third-order valence-corrected chi connectivity index (χ3v) is 4.94. The van der Waals surface area contributed by atoms with Crippen LogP contribution in [0.15, 0.2) is 63.1 Å². The fourth-order valence-corrected chi connectivity index (χ4v) is 3.82. The summed E-state index contributed by atoms with van der Waals surface area (Å²) in [5, 5.41) is 4.14. The van der Waals surface area contributed by atoms with Crippen LogP contribution in [0.3, 0.4) is 0 Å². The predicted octanol–water partition coefficient (Wildman–Crippen LogP) is 5.89. The van der Waals surface area contributed by atoms with Gasteiger partial charge in [0.05, 0.1) is 16.3 Å². The summed E-state index contributed by atoms with van der Waals surface area (Å²) in [7, 11) is 0. The molecule has 3 nitrogen and oxygen atoms in total. The van der Waals surface area contributed by atoms with Gasteiger partial charge in [-0.15, -0.1) is 11.3 Å². The normalized spacial score (nSPS) is 11.1. The van der Waals surface area contributed by atoms with Crippen molar-refractivity contribution in [2.45, 2.75) is 0 Å². The van der Waals surface area contributed by atoms with Gasteiger partial charge in [-0.1, -0.05) is 53.5 Å². The summed E-state index contributed by atoms with van der Waals surface area (Å²) in [5.41, 5.74) is 1.82. The minimum Gasteiger partial charge on any atom is -0.421 e. The smallest absolute Gasteiger partial charge is 0.345 e. The summed E-state index contributed by atoms with van der Waals surface area (Å²) >= 11 is 13.6. The van der Waals surface area contributed by atoms with Gasteiger partial charge in [0.15, 0.2) is 5.58 Å². The lowest BCUT2D eigenvalue weighted by Gasteiger charge is -2.02. The van der Waals surface area contributed by atoms with E-state index in [0.717, 1.165) is 10.6 Å². The fraction of sp³-hybridized carbons (Fsp3) is 0. The lowest BCUT2D eigenvalue weighted by atomic mass is 10.1. The molecule has 118 valence electrons. The van der Waals surface area contributed by atoms with Crippen molar-refractivity contribution in [2.75, 3.05) is 0 Å². The Morgan fingerprint density at radius 2 is 1.83 bits per heavy atom. The van der Waals surface area contributed by atoms with E-state index in [1.54, 1.807) is 18.2 Å². The molecular weight excluding hydrogens is 365 g/mol. The second-order valence-electron chi connectivity index (χ2n) is 5.16. The molecule has 0 fully saturated rings. The highest BCUT2D eigenvalue weighted by Gasteiger charge is 2.14. The molecule has 0 N–H and O–H groups in total. The van der Waals surface area contributed by atoms with Crippen LogP contribution in [0.4, 0.5) is 0 Å². The van der Waals surface area contributed by atoms with Crippen LogP contribution >= 0.6 is 34.5 Å². The molecule has 2 aromatic heterocycles. The molecule has 0 saturated heterocycles. The van der Waals surface area contributed by atoms with Gasteiger partial charge < -0.3 is 4.42 Å². The minimum absolute atomic E-state index is 0.310. The van der Waals surface area contributed by atoms with Crippen molar-refractivity contribution in [1.82, 2.24) is 4.98 Å². The Kier molecular flexibility index (Phi) is 3.88. The topological polar surface area (TPSA) is 43.1 Å². The molecule has 6 heteroatoms. The Balaban J connectivity index is 1.87. The van der Waals surface area contributed by atoms with E-state index in [-0.39, 0.29) is 0 Å². The Hall–Kier alpha value is -2.14. The molecule has 2 aromatic carbocycles. The first-order valence-electron chi connectivity index (χ1n) is 7.06. The highest BCUT2D eigenvalue weighted by atomic mass is 35.5. The van der Waals surface area contributed by atoms with Gasteiger partial charge in [0.1, 0.15) is 5.01 Å². The molecule has 0 amide bonds. The monoisotopic (exact) mass is 373 g/mol. The number of halogens is 2. The quantitative estimate of drug-likeness (QED) is 0.411. The maximum Gasteiger partial charge on any atom is 0.345 e. The van der Waals surface area contributed by atoms with Crippen LogP contribution < -0.4 is 5.63 Å². The van der Waals surface area contributed by atoms with Crippen molar-refractivity contribution in [3.63, 3.8) is 0 Å². The van der Waals surface area contributed by atoms with E-state index in [1.807, 2.05) is 35.7 Å². The SMILES string of the molecule is O=c1oc2c(Cl)cc(Cl)cc2cc1-c1csc(-c2ccccc2)n1. The highest BCUT2D eigenvalue weighted by molar-refractivity contribution is 7.13. The molecule has 0 bridgehead atoms. The van der Waals surface area contributed by atoms with Gasteiger partial charge in [-0.2, -0.15) is 0 Å². The van der Waals surface area contributed by atoms with Gasteiger partial charge in [0.25, 0.3) is 0 Å². The van der Waals surface area contributed by atoms with E-state index in [0.29, 0.717) is 32.3 Å². The second-order valence-corrected chi connectivity index (χ2v) is 6.86. The maximum absolute atomic E-state index is 12.3. The average Bonchev–Trinajstić information content (AvgIpc) is 3.06. The van der Waals surface area contributed by atoms with Crippen molar-refractivity contribution >= 4 is 45.5 Å². The van der Waals surface area contributed by atoms with Crippen LogP contribution in [-0.4, -0.2) is 4.98 Å². The lowest BCUT2D eigenvalue weighted by molar-refractivity contribution is 0.563. The number of rotatable bonds is 2. The fourth-order valence-electron chi connectivity index (χ4n) is 2.45. The summed E-state index contributed by atoms with van der Waals surface area (Å²) in [6, 6.07) is 14.8. The van der Waals surface area contributed by atoms with Crippen LogP contribution in [-0.2, 0) is 0 Å². The van der Waals surface area contributed by atoms with Crippen LogP contribution in [0.25, 0.3) is 32.8 Å². The van der Waals surface area contributed by atoms with Crippen LogP contribution in [0.1, 0.15) is 0 Å². The van der Waals surface area contributed by atoms with E-state index in [9.17, 15) is 4.79 Å². The van der Waals surface area contributed by atoms with E-state index < -0.39 is 5.63 Å². The van der Waals surface area contributed by atoms with E-state index >= 15 is 0 Å². The Morgan fingerprint density at radius 1 is 1.04 bits per heavy atom. The van der Waals surface area contributed by atoms with Gasteiger partial charge in [-0.05, 0) is 18.2 Å². The van der Waals surface area contributed by atoms with Crippen molar-refractivity contribution in [3.8, 4) is 21.8 Å². The first-order chi connectivity index (χ1) is 11.6. The molecule has 4 rings (SSSR count). The van der Waals surface area contributed by atoms with E-state index in [1.165, 1.54) is 11.3 Å². The zero-order valence-electron chi connectivity index (χ0n) is 12.1. The molecule has 0 spiro atoms. The maximum atomic E-state index is 12.3. The number of hydrogen-bond acceptors (Lipinski definition) is 4. The second kappa shape index (κ2) is 6.06. The summed E-state index contributed by atoms with van der Waals surface area (Å²) in [6.45, 7) is 0. The largest absolute Gasteiger partial charge is 0.421 e. The number of nitrogens with zero attached hydrogens (tertiary/aromatic N) is 1. The number of hydrogen-bond donors (Lipinski definition) is 0. The van der Waals surface area contributed by atoms with Gasteiger partial charge in [-0.3, -0.25) is 0 Å². The van der Waals surface area contributed by atoms with Crippen LogP contribution in [0.2, 0.25) is 10.0 Å². The first kappa shape index (κ1) is 15.4. The van der Waals surface area contributed by atoms with Crippen LogP contribution in [0.5, 0.6) is 0 Å². The van der Waals surface area contributed by atoms with Crippen molar-refractivity contribution in [1.29, 1.82) is 0 Å². The third kappa shape index (κ3) is 2.73. The Labute approximate surface area is 151 Å². The molecule has 2 heterocycles. The van der Waals surface area contributed by atoms with Crippen molar-refractivity contribution in [2.24, 2.45) is 0 Å². The average molecular weight is 374 g/mol. The van der Waals surface area contributed by atoms with Crippen molar-refractivity contribution in [3.05, 3.63) is 74.4 Å². The molecule has 0 aliphatic carbocycles. The minimum atomic E-state index is -0.475. The van der Waals surface area contributed by atoms with Crippen LogP contribution in [0, 0.1) is 0 Å². The summed E-state index contributed by atoms with van der Waals surface area (Å²) < 4.78 is 5.37. The molecule has 0 aliphatic rings. The molecule has 0 radical (unpaired) electrons. The van der Waals surface area contributed by atoms with E-state index in [4.69, 9.17) is 27.6 Å². The Bertz CT molecular complexity index is 1100. The molecule has 0 saturated carbocycles. The van der Waals surface area contributed by atoms with Gasteiger partial charge in [0.2, 0.25) is 0 Å². The molecule has 0 unspecified atom stereocenters. The molecule has 4 aromatic rings. The predicted molar refractivity (Wildman–Crippen MR) is 99.0 cm³/mol. The Morgan fingerprint density at radius 3 is 2.62 bits per heavy atom. The summed E-state index contributed by atoms with van der Waals surface area (Å²) in [4.78, 5) is 16.9. The molecule has 0 aliphatic heterocycles. The summed E-state index contributed by atoms with van der Waals surface area (Å²) in [5.74, 6) is 0. The third-order valence-electron chi connectivity index (χ3n) is 3.55. The van der Waals surface area contributed by atoms with Gasteiger partial charge >= 0.3 is 5.63 Å². The number of aromatic nitrogens is 1. The zero-order chi connectivity index (χ0) is 16.7. The van der Waals surface area contributed by atoms with Gasteiger partial charge in [0, 0.05) is 21.4 Å². The lowest BCUT2D eigenvalue weighted by Crippen LogP contribution is -2.03. The number of thiazole rings is 1. The van der Waals surface area contributed by atoms with Gasteiger partial charge in [-0.25, -0.2) is 9.78 Å². The summed E-state index contributed by atoms with van der Waals surface area (Å²) in [6.07, 6.45) is 0. The molecule has 0 atom stereocenters. The standard InChI is InChI=1S/C18H9Cl2NO2S/c19-12-6-11-7-13(18(22)23-16(11)14(20)8-12)15-9-24-17(21-15)10-4-2-1-3-5-10/h1-9H. The first-order valence-corrected chi connectivity index (χ1v) is 8.69. The van der Waals surface area contributed by atoms with E-state index in [2.05, 4.69) is 4.98 Å². The molecule has 24 heavy (non-hydrogen) atoms. The number of fused-ring (bicyclic) bond motifs is 1. The highest BCUT2D eigenvalue weighted by Crippen LogP contribution is 2.31. The van der Waals surface area contributed by atoms with Crippen molar-refractivity contribution < 1.29 is 4.42 Å². The molecular formula is C18H9Cl2NO2S.